The van der Waals surface area contributed by atoms with Crippen LogP contribution in [-0.4, -0.2) is 15.9 Å². The molecule has 2 heterocycles. The molecule has 0 aliphatic rings. The molecule has 0 aromatic carbocycles. The zero-order valence-electron chi connectivity index (χ0n) is 9.84. The zero-order chi connectivity index (χ0) is 13.0. The van der Waals surface area contributed by atoms with Crippen LogP contribution in [-0.2, 0) is 0 Å². The second-order valence-electron chi connectivity index (χ2n) is 3.72. The van der Waals surface area contributed by atoms with Gasteiger partial charge in [-0.2, -0.15) is 0 Å². The average molecular weight is 243 g/mol. The number of rotatable bonds is 3. The van der Waals surface area contributed by atoms with Crippen LogP contribution in [0.1, 0.15) is 16.2 Å². The summed E-state index contributed by atoms with van der Waals surface area (Å²) in [6.07, 6.45) is 3.13. The van der Waals surface area contributed by atoms with E-state index in [0.29, 0.717) is 17.1 Å². The van der Waals surface area contributed by atoms with Crippen molar-refractivity contribution in [1.29, 1.82) is 0 Å². The standard InChI is InChI=1S/C12H13N5O/c1-8-6-9(4-5-14-8)16-12(18)11-3-2-10(17-13)7-15-11/h2-7,17H,13H2,1H3,(H,14,16,18). The number of carbonyl (C=O) groups is 1. The summed E-state index contributed by atoms with van der Waals surface area (Å²) in [5.74, 6) is 4.94. The molecule has 18 heavy (non-hydrogen) atoms. The fourth-order valence-electron chi connectivity index (χ4n) is 1.43. The third kappa shape index (κ3) is 2.80. The van der Waals surface area contributed by atoms with Gasteiger partial charge in [0.05, 0.1) is 11.9 Å². The molecular formula is C12H13N5O. The molecule has 0 radical (unpaired) electrons. The molecule has 0 aliphatic heterocycles. The minimum absolute atomic E-state index is 0.274. The van der Waals surface area contributed by atoms with E-state index in [1.165, 1.54) is 6.20 Å². The van der Waals surface area contributed by atoms with E-state index in [9.17, 15) is 4.79 Å². The van der Waals surface area contributed by atoms with Crippen molar-refractivity contribution in [2.75, 3.05) is 10.7 Å². The molecule has 1 amide bonds. The van der Waals surface area contributed by atoms with Gasteiger partial charge in [0, 0.05) is 17.6 Å². The van der Waals surface area contributed by atoms with Gasteiger partial charge in [0.1, 0.15) is 5.69 Å². The third-order valence-corrected chi connectivity index (χ3v) is 2.32. The van der Waals surface area contributed by atoms with Gasteiger partial charge in [-0.05, 0) is 31.2 Å². The van der Waals surface area contributed by atoms with Crippen molar-refractivity contribution < 1.29 is 4.79 Å². The Labute approximate surface area is 104 Å². The van der Waals surface area contributed by atoms with Gasteiger partial charge >= 0.3 is 0 Å². The van der Waals surface area contributed by atoms with E-state index in [4.69, 9.17) is 5.84 Å². The van der Waals surface area contributed by atoms with Crippen LogP contribution in [0.2, 0.25) is 0 Å². The summed E-state index contributed by atoms with van der Waals surface area (Å²) in [5, 5.41) is 2.74. The van der Waals surface area contributed by atoms with Crippen LogP contribution in [0, 0.1) is 6.92 Å². The van der Waals surface area contributed by atoms with Crippen molar-refractivity contribution in [3.63, 3.8) is 0 Å². The van der Waals surface area contributed by atoms with Gasteiger partial charge in [0.25, 0.3) is 5.91 Å². The van der Waals surface area contributed by atoms with E-state index in [0.717, 1.165) is 5.69 Å². The SMILES string of the molecule is Cc1cc(NC(=O)c2ccc(NN)cn2)ccn1. The largest absolute Gasteiger partial charge is 0.323 e. The van der Waals surface area contributed by atoms with Crippen LogP contribution in [0.25, 0.3) is 0 Å². The number of anilines is 2. The second-order valence-corrected chi connectivity index (χ2v) is 3.72. The summed E-state index contributed by atoms with van der Waals surface area (Å²) in [4.78, 5) is 19.9. The molecule has 0 saturated carbocycles. The minimum Gasteiger partial charge on any atom is -0.323 e. The Bertz CT molecular complexity index is 553. The quantitative estimate of drug-likeness (QED) is 0.558. The Morgan fingerprint density at radius 1 is 1.22 bits per heavy atom. The number of hydrazine groups is 1. The van der Waals surface area contributed by atoms with E-state index in [2.05, 4.69) is 20.7 Å². The highest BCUT2D eigenvalue weighted by Gasteiger charge is 2.07. The lowest BCUT2D eigenvalue weighted by molar-refractivity contribution is 0.102. The average Bonchev–Trinajstić information content (AvgIpc) is 2.39. The normalized spacial score (nSPS) is 9.89. The Morgan fingerprint density at radius 3 is 2.67 bits per heavy atom. The van der Waals surface area contributed by atoms with Crippen LogP contribution >= 0.6 is 0 Å². The molecule has 6 heteroatoms. The predicted molar refractivity (Wildman–Crippen MR) is 69.0 cm³/mol. The minimum atomic E-state index is -0.274. The van der Waals surface area contributed by atoms with E-state index in [1.807, 2.05) is 6.92 Å². The first-order chi connectivity index (χ1) is 8.69. The molecule has 2 aromatic rings. The molecule has 92 valence electrons. The number of nitrogens with two attached hydrogens (primary N) is 1. The maximum Gasteiger partial charge on any atom is 0.274 e. The van der Waals surface area contributed by atoms with Crippen molar-refractivity contribution in [2.45, 2.75) is 6.92 Å². The number of nitrogens with one attached hydrogen (secondary N) is 2. The molecule has 2 rings (SSSR count). The number of nitrogens with zero attached hydrogens (tertiary/aromatic N) is 2. The second kappa shape index (κ2) is 5.24. The van der Waals surface area contributed by atoms with Gasteiger partial charge in [-0.25, -0.2) is 4.98 Å². The number of amides is 1. The first-order valence-corrected chi connectivity index (χ1v) is 5.36. The van der Waals surface area contributed by atoms with Crippen molar-refractivity contribution in [1.82, 2.24) is 9.97 Å². The van der Waals surface area contributed by atoms with Gasteiger partial charge in [-0.1, -0.05) is 0 Å². The maximum atomic E-state index is 11.9. The topological polar surface area (TPSA) is 92.9 Å². The maximum absolute atomic E-state index is 11.9. The molecule has 0 spiro atoms. The molecule has 0 saturated heterocycles. The lowest BCUT2D eigenvalue weighted by Gasteiger charge is -2.05. The highest BCUT2D eigenvalue weighted by atomic mass is 16.1. The van der Waals surface area contributed by atoms with Crippen LogP contribution < -0.4 is 16.6 Å². The van der Waals surface area contributed by atoms with Crippen molar-refractivity contribution in [3.05, 3.63) is 48.0 Å². The zero-order valence-corrected chi connectivity index (χ0v) is 9.84. The van der Waals surface area contributed by atoms with Gasteiger partial charge in [-0.3, -0.25) is 15.6 Å². The summed E-state index contributed by atoms with van der Waals surface area (Å²) < 4.78 is 0. The predicted octanol–water partition coefficient (Wildman–Crippen LogP) is 1.32. The Kier molecular flexibility index (Phi) is 3.49. The lowest BCUT2D eigenvalue weighted by Crippen LogP contribution is -2.14. The van der Waals surface area contributed by atoms with E-state index >= 15 is 0 Å². The van der Waals surface area contributed by atoms with Gasteiger partial charge in [0.2, 0.25) is 0 Å². The molecule has 0 aliphatic carbocycles. The number of aromatic nitrogens is 2. The fourth-order valence-corrected chi connectivity index (χ4v) is 1.43. The Balaban J connectivity index is 2.11. The molecule has 6 nitrogen and oxygen atoms in total. The molecule has 0 unspecified atom stereocenters. The first-order valence-electron chi connectivity index (χ1n) is 5.36. The number of nitrogen functional groups attached to an aromatic ring is 1. The number of aryl methyl sites for hydroxylation is 1. The highest BCUT2D eigenvalue weighted by Crippen LogP contribution is 2.10. The van der Waals surface area contributed by atoms with Gasteiger partial charge in [-0.15, -0.1) is 0 Å². The monoisotopic (exact) mass is 243 g/mol. The molecule has 4 N–H and O–H groups in total. The van der Waals surface area contributed by atoms with Crippen LogP contribution in [0.5, 0.6) is 0 Å². The first kappa shape index (κ1) is 12.0. The van der Waals surface area contributed by atoms with E-state index < -0.39 is 0 Å². The fraction of sp³-hybridized carbons (Fsp3) is 0.0833. The van der Waals surface area contributed by atoms with Gasteiger partial charge < -0.3 is 10.7 Å². The van der Waals surface area contributed by atoms with Crippen LogP contribution in [0.3, 0.4) is 0 Å². The molecular weight excluding hydrogens is 230 g/mol. The van der Waals surface area contributed by atoms with Gasteiger partial charge in [0.15, 0.2) is 0 Å². The highest BCUT2D eigenvalue weighted by molar-refractivity contribution is 6.02. The van der Waals surface area contributed by atoms with E-state index in [-0.39, 0.29) is 5.91 Å². The third-order valence-electron chi connectivity index (χ3n) is 2.32. The number of carbonyl (C=O) groups excluding carboxylic acids is 1. The summed E-state index contributed by atoms with van der Waals surface area (Å²) in [6, 6.07) is 6.78. The van der Waals surface area contributed by atoms with E-state index in [1.54, 1.807) is 30.5 Å². The lowest BCUT2D eigenvalue weighted by atomic mass is 10.3. The van der Waals surface area contributed by atoms with Crippen molar-refractivity contribution >= 4 is 17.3 Å². The number of hydrogen-bond acceptors (Lipinski definition) is 5. The van der Waals surface area contributed by atoms with Crippen molar-refractivity contribution in [2.24, 2.45) is 5.84 Å². The number of pyridine rings is 2. The molecule has 0 fully saturated rings. The summed E-state index contributed by atoms with van der Waals surface area (Å²) >= 11 is 0. The smallest absolute Gasteiger partial charge is 0.274 e. The molecule has 0 bridgehead atoms. The van der Waals surface area contributed by atoms with Crippen LogP contribution in [0.4, 0.5) is 11.4 Å². The Hall–Kier alpha value is -2.47. The Morgan fingerprint density at radius 2 is 2.06 bits per heavy atom. The van der Waals surface area contributed by atoms with Crippen LogP contribution in [0.15, 0.2) is 36.7 Å². The molecule has 2 aromatic heterocycles. The molecule has 0 atom stereocenters. The summed E-state index contributed by atoms with van der Waals surface area (Å²) in [7, 11) is 0. The van der Waals surface area contributed by atoms with Crippen molar-refractivity contribution in [3.8, 4) is 0 Å². The number of hydrogen-bond donors (Lipinski definition) is 3. The summed E-state index contributed by atoms with van der Waals surface area (Å²) in [6.45, 7) is 1.86. The summed E-state index contributed by atoms with van der Waals surface area (Å²) in [5.41, 5.74) is 4.94.